The molecule has 16 heavy (non-hydrogen) atoms. The number of esters is 1. The van der Waals surface area contributed by atoms with Crippen molar-refractivity contribution in [2.45, 2.75) is 38.2 Å². The second-order valence-corrected chi connectivity index (χ2v) is 5.75. The second kappa shape index (κ2) is 3.51. The van der Waals surface area contributed by atoms with E-state index in [-0.39, 0.29) is 6.10 Å². The molecule has 0 saturated heterocycles. The van der Waals surface area contributed by atoms with Crippen LogP contribution in [-0.2, 0) is 9.53 Å². The van der Waals surface area contributed by atoms with Crippen LogP contribution in [0.5, 0.6) is 0 Å². The number of carbonyl (C=O) groups is 1. The third kappa shape index (κ3) is 1.53. The zero-order valence-electron chi connectivity index (χ0n) is 9.39. The molecule has 4 saturated carbocycles. The van der Waals surface area contributed by atoms with Gasteiger partial charge >= 0.3 is 5.97 Å². The Morgan fingerprint density at radius 3 is 2.00 bits per heavy atom. The lowest BCUT2D eigenvalue weighted by atomic mass is 9.55. The molecule has 0 atom stereocenters. The Hall–Kier alpha value is -0.990. The van der Waals surface area contributed by atoms with Crippen LogP contribution in [0, 0.1) is 23.7 Å². The van der Waals surface area contributed by atoms with Crippen LogP contribution in [0.1, 0.15) is 32.1 Å². The first-order valence-corrected chi connectivity index (χ1v) is 6.22. The summed E-state index contributed by atoms with van der Waals surface area (Å²) in [5, 5.41) is 9.01. The molecule has 4 aliphatic carbocycles. The maximum absolute atomic E-state index is 11.4. The second-order valence-electron chi connectivity index (χ2n) is 5.75. The number of hydrogen-bond donors (Lipinski definition) is 1. The van der Waals surface area contributed by atoms with E-state index in [0.29, 0.717) is 11.8 Å². The fraction of sp³-hybridized carbons (Fsp3) is 0.769. The summed E-state index contributed by atoms with van der Waals surface area (Å²) in [5.74, 6) is 1.73. The van der Waals surface area contributed by atoms with Crippen LogP contribution in [0.15, 0.2) is 12.3 Å². The van der Waals surface area contributed by atoms with Crippen LogP contribution in [-0.4, -0.2) is 17.2 Å². The van der Waals surface area contributed by atoms with Crippen molar-refractivity contribution in [3.05, 3.63) is 12.3 Å². The van der Waals surface area contributed by atoms with Crippen LogP contribution in [0.25, 0.3) is 0 Å². The number of hydrogen-bond acceptors (Lipinski definition) is 3. The van der Waals surface area contributed by atoms with Crippen molar-refractivity contribution in [2.75, 3.05) is 0 Å². The first-order valence-electron chi connectivity index (χ1n) is 6.22. The third-order valence-electron chi connectivity index (χ3n) is 4.62. The number of rotatable bonds is 2. The Bertz CT molecular complexity index is 306. The molecule has 0 aliphatic heterocycles. The molecule has 0 aromatic heterocycles. The summed E-state index contributed by atoms with van der Waals surface area (Å²) in [6.07, 6.45) is 6.28. The van der Waals surface area contributed by atoms with Crippen molar-refractivity contribution in [3.63, 3.8) is 0 Å². The van der Waals surface area contributed by atoms with E-state index < -0.39 is 11.7 Å². The molecule has 0 heterocycles. The molecule has 1 N–H and O–H groups in total. The topological polar surface area (TPSA) is 46.5 Å². The SMILES string of the molecule is C=C(O)C(=O)OC1C2CC3CC(C2)CC1C3. The summed E-state index contributed by atoms with van der Waals surface area (Å²) in [4.78, 5) is 11.4. The molecule has 0 amide bonds. The lowest BCUT2D eigenvalue weighted by Crippen LogP contribution is -2.50. The minimum absolute atomic E-state index is 0.0456. The highest BCUT2D eigenvalue weighted by Crippen LogP contribution is 2.54. The Labute approximate surface area is 95.5 Å². The quantitative estimate of drug-likeness (QED) is 0.443. The fourth-order valence-corrected chi connectivity index (χ4v) is 4.26. The van der Waals surface area contributed by atoms with Crippen LogP contribution >= 0.6 is 0 Å². The average molecular weight is 222 g/mol. The van der Waals surface area contributed by atoms with E-state index in [0.717, 1.165) is 11.8 Å². The maximum Gasteiger partial charge on any atom is 0.373 e. The molecule has 3 heteroatoms. The van der Waals surface area contributed by atoms with Crippen molar-refractivity contribution in [2.24, 2.45) is 23.7 Å². The predicted octanol–water partition coefficient (Wildman–Crippen LogP) is 2.43. The van der Waals surface area contributed by atoms with E-state index >= 15 is 0 Å². The van der Waals surface area contributed by atoms with Gasteiger partial charge in [0.1, 0.15) is 6.10 Å². The van der Waals surface area contributed by atoms with Crippen LogP contribution in [0.4, 0.5) is 0 Å². The Morgan fingerprint density at radius 2 is 1.56 bits per heavy atom. The highest BCUT2D eigenvalue weighted by molar-refractivity contribution is 5.85. The van der Waals surface area contributed by atoms with Crippen molar-refractivity contribution in [1.29, 1.82) is 0 Å². The molecular formula is C13H18O3. The van der Waals surface area contributed by atoms with E-state index in [1.165, 1.54) is 32.1 Å². The van der Waals surface area contributed by atoms with Gasteiger partial charge in [-0.05, 0) is 62.4 Å². The van der Waals surface area contributed by atoms with Crippen LogP contribution in [0.2, 0.25) is 0 Å². The highest BCUT2D eigenvalue weighted by Gasteiger charge is 2.49. The van der Waals surface area contributed by atoms with Crippen LogP contribution < -0.4 is 0 Å². The molecule has 4 rings (SSSR count). The maximum atomic E-state index is 11.4. The molecule has 0 aromatic rings. The zero-order valence-corrected chi connectivity index (χ0v) is 9.39. The van der Waals surface area contributed by atoms with Gasteiger partial charge in [0, 0.05) is 0 Å². The van der Waals surface area contributed by atoms with Crippen LogP contribution in [0.3, 0.4) is 0 Å². The summed E-state index contributed by atoms with van der Waals surface area (Å²) in [7, 11) is 0. The van der Waals surface area contributed by atoms with E-state index in [9.17, 15) is 4.79 Å². The summed E-state index contributed by atoms with van der Waals surface area (Å²) in [6, 6.07) is 0. The molecule has 4 fully saturated rings. The number of carbonyl (C=O) groups excluding carboxylic acids is 1. The lowest BCUT2D eigenvalue weighted by molar-refractivity contribution is -0.168. The monoisotopic (exact) mass is 222 g/mol. The molecule has 3 nitrogen and oxygen atoms in total. The highest BCUT2D eigenvalue weighted by atomic mass is 16.6. The van der Waals surface area contributed by atoms with E-state index in [1.54, 1.807) is 0 Å². The van der Waals surface area contributed by atoms with E-state index in [4.69, 9.17) is 9.84 Å². The van der Waals surface area contributed by atoms with Gasteiger partial charge in [-0.2, -0.15) is 0 Å². The average Bonchev–Trinajstić information content (AvgIpc) is 2.21. The van der Waals surface area contributed by atoms with Crippen molar-refractivity contribution in [1.82, 2.24) is 0 Å². The molecule has 0 spiro atoms. The number of aliphatic hydroxyl groups is 1. The first-order chi connectivity index (χ1) is 7.63. The van der Waals surface area contributed by atoms with Gasteiger partial charge in [-0.25, -0.2) is 4.79 Å². The minimum Gasteiger partial charge on any atom is -0.502 e. The van der Waals surface area contributed by atoms with Gasteiger partial charge in [0.2, 0.25) is 0 Å². The normalized spacial score (nSPS) is 44.4. The minimum atomic E-state index is -0.627. The lowest BCUT2D eigenvalue weighted by Gasteiger charge is -2.53. The zero-order chi connectivity index (χ0) is 11.3. The molecule has 4 aliphatic rings. The molecule has 4 bridgehead atoms. The largest absolute Gasteiger partial charge is 0.502 e. The van der Waals surface area contributed by atoms with Crippen molar-refractivity contribution < 1.29 is 14.6 Å². The fourth-order valence-electron chi connectivity index (χ4n) is 4.26. The van der Waals surface area contributed by atoms with Gasteiger partial charge in [-0.3, -0.25) is 0 Å². The van der Waals surface area contributed by atoms with Crippen molar-refractivity contribution in [3.8, 4) is 0 Å². The summed E-state index contributed by atoms with van der Waals surface area (Å²) < 4.78 is 5.40. The molecule has 0 aromatic carbocycles. The Morgan fingerprint density at radius 1 is 1.06 bits per heavy atom. The first kappa shape index (κ1) is 10.2. The van der Waals surface area contributed by atoms with Gasteiger partial charge in [0.25, 0.3) is 0 Å². The molecule has 0 unspecified atom stereocenters. The standard InChI is InChI=1S/C13H18O3/c1-7(14)13(15)16-12-10-3-8-2-9(5-10)6-11(12)4-8/h8-12,14H,1-6H2. The van der Waals surface area contributed by atoms with E-state index in [1.807, 2.05) is 0 Å². The van der Waals surface area contributed by atoms with Gasteiger partial charge in [-0.15, -0.1) is 0 Å². The van der Waals surface area contributed by atoms with Crippen molar-refractivity contribution >= 4 is 5.97 Å². The van der Waals surface area contributed by atoms with Gasteiger partial charge in [0.05, 0.1) is 0 Å². The Kier molecular flexibility index (Phi) is 2.23. The van der Waals surface area contributed by atoms with Gasteiger partial charge in [-0.1, -0.05) is 0 Å². The number of aliphatic hydroxyl groups excluding tert-OH is 1. The predicted molar refractivity (Wildman–Crippen MR) is 58.7 cm³/mol. The summed E-state index contributed by atoms with van der Waals surface area (Å²) in [5.41, 5.74) is 0. The molecule has 88 valence electrons. The van der Waals surface area contributed by atoms with E-state index in [2.05, 4.69) is 6.58 Å². The van der Waals surface area contributed by atoms with Gasteiger partial charge in [0.15, 0.2) is 5.76 Å². The van der Waals surface area contributed by atoms with Gasteiger partial charge < -0.3 is 9.84 Å². The number of ether oxygens (including phenoxy) is 1. The summed E-state index contributed by atoms with van der Waals surface area (Å²) in [6.45, 7) is 3.22. The smallest absolute Gasteiger partial charge is 0.373 e. The molecule has 0 radical (unpaired) electrons. The molecular weight excluding hydrogens is 204 g/mol. The Balaban J connectivity index is 1.72. The third-order valence-corrected chi connectivity index (χ3v) is 4.62. The summed E-state index contributed by atoms with van der Waals surface area (Å²) >= 11 is 0.